The standard InChI is InChI=1S/C11H10N6O4/c12-8-7(9(13)16-11(14)15-8)21-10(18)5-1-3-6(4-2-5)17(19)20/h1-4H,(H6,12,13,14,15,16). The Morgan fingerprint density at radius 3 is 2.10 bits per heavy atom. The van der Waals surface area contributed by atoms with Crippen molar-refractivity contribution in [3.8, 4) is 5.75 Å². The third-order valence-electron chi connectivity index (χ3n) is 2.44. The summed E-state index contributed by atoms with van der Waals surface area (Å²) in [5.74, 6) is -1.55. The average Bonchev–Trinajstić information content (AvgIpc) is 2.42. The van der Waals surface area contributed by atoms with Gasteiger partial charge in [-0.15, -0.1) is 0 Å². The van der Waals surface area contributed by atoms with Gasteiger partial charge in [0.1, 0.15) is 0 Å². The summed E-state index contributed by atoms with van der Waals surface area (Å²) in [7, 11) is 0. The second-order valence-corrected chi connectivity index (χ2v) is 3.87. The summed E-state index contributed by atoms with van der Waals surface area (Å²) in [5, 5.41) is 10.5. The van der Waals surface area contributed by atoms with E-state index in [0.717, 1.165) is 0 Å². The molecule has 0 aliphatic carbocycles. The van der Waals surface area contributed by atoms with Gasteiger partial charge >= 0.3 is 5.97 Å². The molecule has 21 heavy (non-hydrogen) atoms. The Labute approximate surface area is 117 Å². The summed E-state index contributed by atoms with van der Waals surface area (Å²) in [6, 6.07) is 4.82. The molecule has 0 unspecified atom stereocenters. The first-order chi connectivity index (χ1) is 9.88. The number of hydrogen-bond acceptors (Lipinski definition) is 9. The van der Waals surface area contributed by atoms with Gasteiger partial charge in [0, 0.05) is 12.1 Å². The lowest BCUT2D eigenvalue weighted by atomic mass is 10.2. The lowest BCUT2D eigenvalue weighted by molar-refractivity contribution is -0.384. The molecule has 10 heteroatoms. The van der Waals surface area contributed by atoms with Crippen molar-refractivity contribution < 1.29 is 14.5 Å². The monoisotopic (exact) mass is 290 g/mol. The van der Waals surface area contributed by atoms with Crippen LogP contribution in [0.2, 0.25) is 0 Å². The van der Waals surface area contributed by atoms with Crippen molar-refractivity contribution in [3.63, 3.8) is 0 Å². The summed E-state index contributed by atoms with van der Waals surface area (Å²) in [4.78, 5) is 29.1. The predicted molar refractivity (Wildman–Crippen MR) is 73.3 cm³/mol. The number of carbonyl (C=O) groups excluding carboxylic acids is 1. The molecular weight excluding hydrogens is 280 g/mol. The minimum Gasteiger partial charge on any atom is -0.415 e. The van der Waals surface area contributed by atoms with Crippen LogP contribution in [0.1, 0.15) is 10.4 Å². The molecule has 0 bridgehead atoms. The molecule has 0 aliphatic rings. The number of hydrogen-bond donors (Lipinski definition) is 3. The summed E-state index contributed by atoms with van der Waals surface area (Å²) in [6.07, 6.45) is 0. The van der Waals surface area contributed by atoms with E-state index in [9.17, 15) is 14.9 Å². The first-order valence-electron chi connectivity index (χ1n) is 5.53. The zero-order chi connectivity index (χ0) is 15.6. The maximum absolute atomic E-state index is 11.9. The van der Waals surface area contributed by atoms with E-state index in [1.54, 1.807) is 0 Å². The molecule has 0 fully saturated rings. The van der Waals surface area contributed by atoms with Crippen molar-refractivity contribution in [1.82, 2.24) is 9.97 Å². The highest BCUT2D eigenvalue weighted by atomic mass is 16.6. The number of rotatable bonds is 3. The highest BCUT2D eigenvalue weighted by molar-refractivity contribution is 5.92. The van der Waals surface area contributed by atoms with E-state index in [-0.39, 0.29) is 34.6 Å². The van der Waals surface area contributed by atoms with Crippen LogP contribution in [-0.2, 0) is 0 Å². The number of ether oxygens (including phenoxy) is 1. The van der Waals surface area contributed by atoms with Crippen molar-refractivity contribution in [2.75, 3.05) is 17.2 Å². The molecule has 0 spiro atoms. The predicted octanol–water partition coefficient (Wildman–Crippen LogP) is 0.351. The number of nitro benzene ring substituents is 1. The van der Waals surface area contributed by atoms with E-state index in [0.29, 0.717) is 0 Å². The minimum atomic E-state index is -0.809. The molecule has 0 saturated heterocycles. The number of nitrogens with zero attached hydrogens (tertiary/aromatic N) is 3. The summed E-state index contributed by atoms with van der Waals surface area (Å²) in [6.45, 7) is 0. The smallest absolute Gasteiger partial charge is 0.343 e. The number of benzene rings is 1. The quantitative estimate of drug-likeness (QED) is 0.409. The fourth-order valence-electron chi connectivity index (χ4n) is 1.48. The molecule has 0 saturated carbocycles. The van der Waals surface area contributed by atoms with Crippen molar-refractivity contribution >= 4 is 29.2 Å². The molecule has 2 rings (SSSR count). The average molecular weight is 290 g/mol. The number of anilines is 3. The van der Waals surface area contributed by atoms with Gasteiger partial charge in [-0.05, 0) is 12.1 Å². The van der Waals surface area contributed by atoms with Gasteiger partial charge in [0.05, 0.1) is 10.5 Å². The van der Waals surface area contributed by atoms with Crippen LogP contribution < -0.4 is 21.9 Å². The van der Waals surface area contributed by atoms with Gasteiger partial charge in [0.15, 0.2) is 11.6 Å². The Hall–Kier alpha value is -3.43. The lowest BCUT2D eigenvalue weighted by Gasteiger charge is -2.08. The topological polar surface area (TPSA) is 173 Å². The van der Waals surface area contributed by atoms with Gasteiger partial charge in [-0.3, -0.25) is 10.1 Å². The number of nitrogen functional groups attached to an aromatic ring is 3. The van der Waals surface area contributed by atoms with Gasteiger partial charge in [-0.25, -0.2) is 4.79 Å². The number of aromatic nitrogens is 2. The molecule has 6 N–H and O–H groups in total. The van der Waals surface area contributed by atoms with Crippen molar-refractivity contribution in [2.45, 2.75) is 0 Å². The molecule has 0 amide bonds. The maximum atomic E-state index is 11.9. The summed E-state index contributed by atoms with van der Waals surface area (Å²) < 4.78 is 4.98. The first-order valence-corrected chi connectivity index (χ1v) is 5.53. The van der Waals surface area contributed by atoms with Crippen molar-refractivity contribution in [2.24, 2.45) is 0 Å². The fraction of sp³-hybridized carbons (Fsp3) is 0. The number of nitro groups is 1. The van der Waals surface area contributed by atoms with Gasteiger partial charge in [0.25, 0.3) is 5.69 Å². The molecule has 0 radical (unpaired) electrons. The molecule has 0 aliphatic heterocycles. The number of non-ortho nitro benzene ring substituents is 1. The van der Waals surface area contributed by atoms with Gasteiger partial charge in [-0.1, -0.05) is 0 Å². The van der Waals surface area contributed by atoms with E-state index < -0.39 is 10.9 Å². The third kappa shape index (κ3) is 2.94. The molecule has 108 valence electrons. The molecule has 1 aromatic carbocycles. The highest BCUT2D eigenvalue weighted by Gasteiger charge is 2.17. The SMILES string of the molecule is Nc1nc(N)c(OC(=O)c2ccc([N+](=O)[O-])cc2)c(N)n1. The van der Waals surface area contributed by atoms with Crippen molar-refractivity contribution in [1.29, 1.82) is 0 Å². The van der Waals surface area contributed by atoms with Gasteiger partial charge in [-0.2, -0.15) is 9.97 Å². The normalized spacial score (nSPS) is 10.1. The Kier molecular flexibility index (Phi) is 3.52. The van der Waals surface area contributed by atoms with Crippen molar-refractivity contribution in [3.05, 3.63) is 39.9 Å². The number of carbonyl (C=O) groups is 1. The molecule has 0 atom stereocenters. The van der Waals surface area contributed by atoms with Crippen LogP contribution in [0, 0.1) is 10.1 Å². The van der Waals surface area contributed by atoms with Crippen LogP contribution in [0.3, 0.4) is 0 Å². The second kappa shape index (κ2) is 5.28. The Morgan fingerprint density at radius 1 is 1.10 bits per heavy atom. The van der Waals surface area contributed by atoms with Gasteiger partial charge < -0.3 is 21.9 Å². The Bertz CT molecular complexity index is 692. The lowest BCUT2D eigenvalue weighted by Crippen LogP contribution is -2.14. The van der Waals surface area contributed by atoms with E-state index in [1.807, 2.05) is 0 Å². The van der Waals surface area contributed by atoms with Crippen LogP contribution in [0.4, 0.5) is 23.3 Å². The Balaban J connectivity index is 2.24. The summed E-state index contributed by atoms with van der Waals surface area (Å²) >= 11 is 0. The van der Waals surface area contributed by atoms with E-state index in [1.165, 1.54) is 24.3 Å². The van der Waals surface area contributed by atoms with Crippen LogP contribution in [0.15, 0.2) is 24.3 Å². The minimum absolute atomic E-state index is 0.0798. The van der Waals surface area contributed by atoms with E-state index >= 15 is 0 Å². The largest absolute Gasteiger partial charge is 0.415 e. The van der Waals surface area contributed by atoms with Gasteiger partial charge in [0.2, 0.25) is 11.7 Å². The van der Waals surface area contributed by atoms with Crippen LogP contribution in [0.5, 0.6) is 5.75 Å². The second-order valence-electron chi connectivity index (χ2n) is 3.87. The number of esters is 1. The zero-order valence-corrected chi connectivity index (χ0v) is 10.5. The van der Waals surface area contributed by atoms with E-state index in [2.05, 4.69) is 9.97 Å². The van der Waals surface area contributed by atoms with Crippen LogP contribution in [-0.4, -0.2) is 20.9 Å². The fourth-order valence-corrected chi connectivity index (χ4v) is 1.48. The third-order valence-corrected chi connectivity index (χ3v) is 2.44. The van der Waals surface area contributed by atoms with E-state index in [4.69, 9.17) is 21.9 Å². The highest BCUT2D eigenvalue weighted by Crippen LogP contribution is 2.27. The van der Waals surface area contributed by atoms with Crippen LogP contribution >= 0.6 is 0 Å². The first kappa shape index (κ1) is 14.0. The summed E-state index contributed by atoms with van der Waals surface area (Å²) in [5.41, 5.74) is 16.3. The molecule has 2 aromatic rings. The van der Waals surface area contributed by atoms with Crippen LogP contribution in [0.25, 0.3) is 0 Å². The maximum Gasteiger partial charge on any atom is 0.343 e. The zero-order valence-electron chi connectivity index (χ0n) is 10.5. The Morgan fingerprint density at radius 2 is 1.62 bits per heavy atom. The molecular formula is C11H10N6O4. The number of nitrogens with two attached hydrogens (primary N) is 3. The molecule has 1 aromatic heterocycles. The molecule has 10 nitrogen and oxygen atoms in total. The molecule has 1 heterocycles.